The van der Waals surface area contributed by atoms with E-state index in [1.807, 2.05) is 30.3 Å². The molecule has 4 aromatic carbocycles. The molecule has 9 nitrogen and oxygen atoms in total. The minimum atomic E-state index is -3.89. The highest BCUT2D eigenvalue weighted by molar-refractivity contribution is 7.92. The number of fused-ring (bicyclic) bond motifs is 2. The normalized spacial score (nSPS) is 15.5. The standard InChI is InChI=1S/C26H23N3O6S2/c1-36(31,32)29-17-25(35-24-12-5-4-11-23(24)29)26(30)27-19-13-15-20(16-14-19)37(33,34)28-22-10-6-8-18-7-2-3-9-21(18)22/h2-16,25,28H,17H2,1H3,(H,27,30)/t25-/m1/s1. The second-order valence-corrected chi connectivity index (χ2v) is 12.1. The first-order chi connectivity index (χ1) is 17.6. The summed E-state index contributed by atoms with van der Waals surface area (Å²) in [7, 11) is -7.53. The van der Waals surface area contributed by atoms with E-state index in [0.29, 0.717) is 17.1 Å². The highest BCUT2D eigenvalue weighted by Crippen LogP contribution is 2.35. The molecule has 4 aromatic rings. The Bertz CT molecular complexity index is 1700. The van der Waals surface area contributed by atoms with Crippen molar-refractivity contribution in [3.05, 3.63) is 91.0 Å². The monoisotopic (exact) mass is 537 g/mol. The molecule has 1 atom stereocenters. The molecule has 0 saturated carbocycles. The number of nitrogens with one attached hydrogen (secondary N) is 2. The Morgan fingerprint density at radius 1 is 0.865 bits per heavy atom. The van der Waals surface area contributed by atoms with Crippen molar-refractivity contribution in [3.63, 3.8) is 0 Å². The average Bonchev–Trinajstić information content (AvgIpc) is 2.88. The Kier molecular flexibility index (Phi) is 6.26. The van der Waals surface area contributed by atoms with Gasteiger partial charge in [0.15, 0.2) is 6.10 Å². The first-order valence-electron chi connectivity index (χ1n) is 11.3. The van der Waals surface area contributed by atoms with E-state index in [9.17, 15) is 21.6 Å². The third-order valence-electron chi connectivity index (χ3n) is 5.89. The van der Waals surface area contributed by atoms with E-state index >= 15 is 0 Å². The number of carbonyl (C=O) groups excluding carboxylic acids is 1. The molecule has 5 rings (SSSR count). The molecule has 0 aromatic heterocycles. The molecule has 0 radical (unpaired) electrons. The van der Waals surface area contributed by atoms with Gasteiger partial charge in [0.1, 0.15) is 5.75 Å². The maximum Gasteiger partial charge on any atom is 0.267 e. The number of benzene rings is 4. The van der Waals surface area contributed by atoms with Gasteiger partial charge in [0.2, 0.25) is 10.0 Å². The molecule has 0 spiro atoms. The lowest BCUT2D eigenvalue weighted by Gasteiger charge is -2.33. The molecular formula is C26H23N3O6S2. The van der Waals surface area contributed by atoms with Gasteiger partial charge in [-0.25, -0.2) is 16.8 Å². The summed E-state index contributed by atoms with van der Waals surface area (Å²) in [6.07, 6.45) is -0.0312. The van der Waals surface area contributed by atoms with Crippen LogP contribution in [0, 0.1) is 0 Å². The van der Waals surface area contributed by atoms with Gasteiger partial charge in [0, 0.05) is 11.1 Å². The highest BCUT2D eigenvalue weighted by Gasteiger charge is 2.35. The van der Waals surface area contributed by atoms with Crippen molar-refractivity contribution >= 4 is 53.8 Å². The van der Waals surface area contributed by atoms with Crippen LogP contribution in [0.1, 0.15) is 0 Å². The van der Waals surface area contributed by atoms with Gasteiger partial charge in [-0.1, -0.05) is 48.5 Å². The Labute approximate surface area is 214 Å². The number of rotatable bonds is 6. The molecule has 1 aliphatic rings. The zero-order valence-corrected chi connectivity index (χ0v) is 21.3. The molecule has 1 amide bonds. The first kappa shape index (κ1) is 24.6. The van der Waals surface area contributed by atoms with Crippen molar-refractivity contribution in [2.45, 2.75) is 11.0 Å². The van der Waals surface area contributed by atoms with E-state index in [1.165, 1.54) is 24.3 Å². The second-order valence-electron chi connectivity index (χ2n) is 8.51. The molecule has 1 aliphatic heterocycles. The lowest BCUT2D eigenvalue weighted by Crippen LogP contribution is -2.48. The van der Waals surface area contributed by atoms with Crippen molar-refractivity contribution in [2.24, 2.45) is 0 Å². The molecule has 0 bridgehead atoms. The van der Waals surface area contributed by atoms with Crippen LogP contribution in [0.25, 0.3) is 10.8 Å². The fraction of sp³-hybridized carbons (Fsp3) is 0.115. The van der Waals surface area contributed by atoms with Gasteiger partial charge in [-0.2, -0.15) is 0 Å². The van der Waals surface area contributed by atoms with Gasteiger partial charge in [-0.15, -0.1) is 0 Å². The topological polar surface area (TPSA) is 122 Å². The summed E-state index contributed by atoms with van der Waals surface area (Å²) < 4.78 is 60.1. The number of ether oxygens (including phenoxy) is 1. The molecule has 2 N–H and O–H groups in total. The van der Waals surface area contributed by atoms with Crippen LogP contribution in [0.4, 0.5) is 17.1 Å². The van der Waals surface area contributed by atoms with Gasteiger partial charge < -0.3 is 10.1 Å². The van der Waals surface area contributed by atoms with Gasteiger partial charge in [-0.3, -0.25) is 13.8 Å². The number of sulfonamides is 2. The minimum Gasteiger partial charge on any atom is -0.476 e. The molecule has 0 saturated heterocycles. The number of hydrogen-bond donors (Lipinski definition) is 2. The first-order valence-corrected chi connectivity index (χ1v) is 14.6. The van der Waals surface area contributed by atoms with Crippen LogP contribution in [0.5, 0.6) is 5.75 Å². The summed E-state index contributed by atoms with van der Waals surface area (Å²) in [5.41, 5.74) is 1.16. The highest BCUT2D eigenvalue weighted by atomic mass is 32.2. The van der Waals surface area contributed by atoms with E-state index in [4.69, 9.17) is 4.74 Å². The number of carbonyl (C=O) groups is 1. The van der Waals surface area contributed by atoms with Crippen LogP contribution < -0.4 is 19.1 Å². The van der Waals surface area contributed by atoms with Crippen LogP contribution in [0.15, 0.2) is 95.9 Å². The molecule has 0 unspecified atom stereocenters. The second kappa shape index (κ2) is 9.41. The van der Waals surface area contributed by atoms with E-state index < -0.39 is 32.1 Å². The van der Waals surface area contributed by atoms with Gasteiger partial charge in [0.25, 0.3) is 15.9 Å². The lowest BCUT2D eigenvalue weighted by atomic mass is 10.1. The average molecular weight is 538 g/mol. The van der Waals surface area contributed by atoms with Crippen molar-refractivity contribution in [1.29, 1.82) is 0 Å². The fourth-order valence-corrected chi connectivity index (χ4v) is 6.11. The van der Waals surface area contributed by atoms with Crippen LogP contribution in [-0.2, 0) is 24.8 Å². The number of para-hydroxylation sites is 2. The summed E-state index contributed by atoms with van der Waals surface area (Å²) in [5, 5.41) is 4.34. The van der Waals surface area contributed by atoms with Crippen LogP contribution in [0.3, 0.4) is 0 Å². The van der Waals surface area contributed by atoms with Crippen LogP contribution in [0.2, 0.25) is 0 Å². The largest absolute Gasteiger partial charge is 0.476 e. The number of anilines is 3. The number of hydrogen-bond acceptors (Lipinski definition) is 6. The number of nitrogens with zero attached hydrogens (tertiary/aromatic N) is 1. The Morgan fingerprint density at radius 3 is 2.30 bits per heavy atom. The summed E-state index contributed by atoms with van der Waals surface area (Å²) in [5.74, 6) is -0.284. The smallest absolute Gasteiger partial charge is 0.267 e. The molecule has 11 heteroatoms. The van der Waals surface area contributed by atoms with Crippen LogP contribution >= 0.6 is 0 Å². The molecular weight excluding hydrogens is 514 g/mol. The molecule has 190 valence electrons. The Balaban J connectivity index is 1.32. The zero-order valence-electron chi connectivity index (χ0n) is 19.7. The summed E-state index contributed by atoms with van der Waals surface area (Å²) >= 11 is 0. The molecule has 0 fully saturated rings. The third kappa shape index (κ3) is 5.09. The summed E-state index contributed by atoms with van der Waals surface area (Å²) in [6, 6.07) is 25.1. The Hall–Kier alpha value is -4.09. The third-order valence-corrected chi connectivity index (χ3v) is 8.42. The SMILES string of the molecule is CS(=O)(=O)N1C[C@H](C(=O)Nc2ccc(S(=O)(=O)Nc3cccc4ccccc34)cc2)Oc2ccccc21. The van der Waals surface area contributed by atoms with Crippen LogP contribution in [-0.4, -0.2) is 41.6 Å². The summed E-state index contributed by atoms with van der Waals surface area (Å²) in [4.78, 5) is 12.9. The number of amides is 1. The van der Waals surface area contributed by atoms with Crippen molar-refractivity contribution in [2.75, 3.05) is 27.1 Å². The minimum absolute atomic E-state index is 0.0181. The maximum atomic E-state index is 13.0. The molecule has 1 heterocycles. The Morgan fingerprint density at radius 2 is 1.54 bits per heavy atom. The van der Waals surface area contributed by atoms with E-state index in [2.05, 4.69) is 10.0 Å². The van der Waals surface area contributed by atoms with Gasteiger partial charge >= 0.3 is 0 Å². The van der Waals surface area contributed by atoms with E-state index in [0.717, 1.165) is 21.3 Å². The molecule has 37 heavy (non-hydrogen) atoms. The van der Waals surface area contributed by atoms with Crippen molar-refractivity contribution in [1.82, 2.24) is 0 Å². The van der Waals surface area contributed by atoms with Crippen molar-refractivity contribution < 1.29 is 26.4 Å². The molecule has 0 aliphatic carbocycles. The lowest BCUT2D eigenvalue weighted by molar-refractivity contribution is -0.122. The zero-order chi connectivity index (χ0) is 26.2. The predicted molar refractivity (Wildman–Crippen MR) is 143 cm³/mol. The van der Waals surface area contributed by atoms with E-state index in [1.54, 1.807) is 36.4 Å². The van der Waals surface area contributed by atoms with Gasteiger partial charge in [-0.05, 0) is 47.9 Å². The van der Waals surface area contributed by atoms with Gasteiger partial charge in [0.05, 0.1) is 29.1 Å². The van der Waals surface area contributed by atoms with Crippen molar-refractivity contribution in [3.8, 4) is 5.75 Å². The maximum absolute atomic E-state index is 13.0. The summed E-state index contributed by atoms with van der Waals surface area (Å²) in [6.45, 7) is -0.191. The quantitative estimate of drug-likeness (QED) is 0.386. The van der Waals surface area contributed by atoms with E-state index in [-0.39, 0.29) is 17.2 Å². The predicted octanol–water partition coefficient (Wildman–Crippen LogP) is 3.81. The fourth-order valence-electron chi connectivity index (χ4n) is 4.11.